The van der Waals surface area contributed by atoms with E-state index in [2.05, 4.69) is 14.8 Å². The van der Waals surface area contributed by atoms with Gasteiger partial charge in [-0.3, -0.25) is 4.90 Å². The van der Waals surface area contributed by atoms with Crippen LogP contribution in [-0.2, 0) is 24.2 Å². The van der Waals surface area contributed by atoms with Gasteiger partial charge in [0.05, 0.1) is 24.5 Å². The van der Waals surface area contributed by atoms with Crippen molar-refractivity contribution in [3.05, 3.63) is 76.5 Å². The molecule has 0 unspecified atom stereocenters. The zero-order chi connectivity index (χ0) is 22.8. The van der Waals surface area contributed by atoms with Crippen LogP contribution in [0.1, 0.15) is 22.4 Å². The van der Waals surface area contributed by atoms with E-state index in [0.29, 0.717) is 63.2 Å². The van der Waals surface area contributed by atoms with Crippen molar-refractivity contribution in [2.75, 3.05) is 37.7 Å². The molecule has 1 fully saturated rings. The number of anilines is 1. The number of morpholine rings is 1. The van der Waals surface area contributed by atoms with E-state index >= 15 is 0 Å². The summed E-state index contributed by atoms with van der Waals surface area (Å²) in [6.07, 6.45) is 0.677. The van der Waals surface area contributed by atoms with Gasteiger partial charge in [-0.25, -0.2) is 13.8 Å². The lowest BCUT2D eigenvalue weighted by Crippen LogP contribution is -2.38. The van der Waals surface area contributed by atoms with E-state index in [1.54, 1.807) is 24.3 Å². The van der Waals surface area contributed by atoms with Crippen molar-refractivity contribution < 1.29 is 18.3 Å². The largest absolute Gasteiger partial charge is 0.435 e. The van der Waals surface area contributed by atoms with Crippen molar-refractivity contribution >= 4 is 5.95 Å². The van der Waals surface area contributed by atoms with Crippen molar-refractivity contribution in [3.63, 3.8) is 0 Å². The summed E-state index contributed by atoms with van der Waals surface area (Å²) in [5.41, 5.74) is 3.38. The van der Waals surface area contributed by atoms with Crippen LogP contribution in [0.3, 0.4) is 0 Å². The molecule has 0 bridgehead atoms. The van der Waals surface area contributed by atoms with Crippen LogP contribution < -0.4 is 9.64 Å². The summed E-state index contributed by atoms with van der Waals surface area (Å²) in [6, 6.07) is 11.4. The molecule has 2 aromatic carbocycles. The maximum Gasteiger partial charge on any atom is 0.229 e. The van der Waals surface area contributed by atoms with Crippen LogP contribution in [0.4, 0.5) is 14.7 Å². The van der Waals surface area contributed by atoms with Crippen molar-refractivity contribution in [1.29, 1.82) is 0 Å². The number of para-hydroxylation sites is 1. The minimum atomic E-state index is -0.452. The second-order valence-corrected chi connectivity index (χ2v) is 8.44. The Morgan fingerprint density at radius 3 is 2.64 bits per heavy atom. The SMILES string of the molecule is Cc1ccc(F)c(CN2CCc3nc(N4CCOCC4)nc(Oc4ccccc4F)c3C2)c1. The molecular formula is C25H26F2N4O2. The molecule has 5 rings (SSSR count). The normalized spacial score (nSPS) is 16.5. The number of benzene rings is 2. The van der Waals surface area contributed by atoms with Gasteiger partial charge in [0.2, 0.25) is 11.8 Å². The lowest BCUT2D eigenvalue weighted by molar-refractivity contribution is 0.122. The molecule has 0 saturated carbocycles. The highest BCUT2D eigenvalue weighted by molar-refractivity contribution is 5.44. The van der Waals surface area contributed by atoms with E-state index in [1.807, 2.05) is 13.0 Å². The van der Waals surface area contributed by atoms with Crippen molar-refractivity contribution in [2.45, 2.75) is 26.4 Å². The molecular weight excluding hydrogens is 426 g/mol. The van der Waals surface area contributed by atoms with Crippen LogP contribution in [0, 0.1) is 18.6 Å². The number of ether oxygens (including phenoxy) is 2. The van der Waals surface area contributed by atoms with Gasteiger partial charge in [0.1, 0.15) is 5.82 Å². The van der Waals surface area contributed by atoms with Crippen LogP contribution in [-0.4, -0.2) is 47.7 Å². The van der Waals surface area contributed by atoms with Crippen LogP contribution in [0.25, 0.3) is 0 Å². The highest BCUT2D eigenvalue weighted by atomic mass is 19.1. The maximum absolute atomic E-state index is 14.4. The number of aromatic nitrogens is 2. The molecule has 0 atom stereocenters. The molecule has 33 heavy (non-hydrogen) atoms. The smallest absolute Gasteiger partial charge is 0.229 e. The second-order valence-electron chi connectivity index (χ2n) is 8.44. The summed E-state index contributed by atoms with van der Waals surface area (Å²) < 4.78 is 40.2. The summed E-state index contributed by atoms with van der Waals surface area (Å²) in [6.45, 7) is 6.26. The van der Waals surface area contributed by atoms with Gasteiger partial charge in [0, 0.05) is 44.7 Å². The number of halogens is 2. The van der Waals surface area contributed by atoms with E-state index in [4.69, 9.17) is 14.5 Å². The quantitative estimate of drug-likeness (QED) is 0.577. The van der Waals surface area contributed by atoms with Gasteiger partial charge in [0.25, 0.3) is 0 Å². The van der Waals surface area contributed by atoms with Gasteiger partial charge >= 0.3 is 0 Å². The monoisotopic (exact) mass is 452 g/mol. The lowest BCUT2D eigenvalue weighted by atomic mass is 10.0. The van der Waals surface area contributed by atoms with Crippen molar-refractivity contribution in [1.82, 2.24) is 14.9 Å². The standard InChI is InChI=1S/C25H26F2N4O2/c1-17-6-7-20(26)18(14-17)15-30-9-8-22-19(16-30)24(33-23-5-3-2-4-21(23)27)29-25(28-22)31-10-12-32-13-11-31/h2-7,14H,8-13,15-16H2,1H3. The number of hydrogen-bond acceptors (Lipinski definition) is 6. The number of rotatable bonds is 5. The van der Waals surface area contributed by atoms with Crippen molar-refractivity contribution in [3.8, 4) is 11.6 Å². The molecule has 1 aromatic heterocycles. The van der Waals surface area contributed by atoms with Gasteiger partial charge < -0.3 is 14.4 Å². The third-order valence-corrected chi connectivity index (χ3v) is 6.02. The Bertz CT molecular complexity index is 1150. The summed E-state index contributed by atoms with van der Waals surface area (Å²) >= 11 is 0. The van der Waals surface area contributed by atoms with Crippen molar-refractivity contribution in [2.24, 2.45) is 0 Å². The van der Waals surface area contributed by atoms with Gasteiger partial charge in [-0.15, -0.1) is 0 Å². The minimum Gasteiger partial charge on any atom is -0.435 e. The summed E-state index contributed by atoms with van der Waals surface area (Å²) in [5, 5.41) is 0. The minimum absolute atomic E-state index is 0.119. The highest BCUT2D eigenvalue weighted by Crippen LogP contribution is 2.33. The third-order valence-electron chi connectivity index (χ3n) is 6.02. The molecule has 6 nitrogen and oxygen atoms in total. The average Bonchev–Trinajstić information content (AvgIpc) is 2.83. The molecule has 0 aliphatic carbocycles. The fraction of sp³-hybridized carbons (Fsp3) is 0.360. The molecule has 0 N–H and O–H groups in total. The Labute approximate surface area is 191 Å². The molecule has 3 aromatic rings. The van der Waals surface area contributed by atoms with Gasteiger partial charge in [-0.05, 0) is 25.1 Å². The lowest BCUT2D eigenvalue weighted by Gasteiger charge is -2.32. The van der Waals surface area contributed by atoms with Gasteiger partial charge in [-0.1, -0.05) is 29.8 Å². The zero-order valence-corrected chi connectivity index (χ0v) is 18.6. The number of nitrogens with zero attached hydrogens (tertiary/aromatic N) is 4. The predicted octanol–water partition coefficient (Wildman–Crippen LogP) is 4.25. The number of fused-ring (bicyclic) bond motifs is 1. The molecule has 3 heterocycles. The Morgan fingerprint density at radius 1 is 1.00 bits per heavy atom. The topological polar surface area (TPSA) is 50.7 Å². The summed E-state index contributed by atoms with van der Waals surface area (Å²) in [4.78, 5) is 13.7. The van der Waals surface area contributed by atoms with E-state index < -0.39 is 5.82 Å². The first-order chi connectivity index (χ1) is 16.1. The fourth-order valence-corrected chi connectivity index (χ4v) is 4.25. The first kappa shape index (κ1) is 21.7. The van der Waals surface area contributed by atoms with E-state index in [-0.39, 0.29) is 11.6 Å². The van der Waals surface area contributed by atoms with Crippen LogP contribution in [0.5, 0.6) is 11.6 Å². The fourth-order valence-electron chi connectivity index (χ4n) is 4.25. The van der Waals surface area contributed by atoms with E-state index in [1.165, 1.54) is 12.1 Å². The van der Waals surface area contributed by atoms with Gasteiger partial charge in [0.15, 0.2) is 11.6 Å². The number of hydrogen-bond donors (Lipinski definition) is 0. The second kappa shape index (κ2) is 9.41. The van der Waals surface area contributed by atoms with Crippen LogP contribution >= 0.6 is 0 Å². The summed E-state index contributed by atoms with van der Waals surface area (Å²) in [5.74, 6) is 0.371. The predicted molar refractivity (Wildman–Crippen MR) is 120 cm³/mol. The van der Waals surface area contributed by atoms with E-state index in [0.717, 1.165) is 23.4 Å². The number of aryl methyl sites for hydroxylation is 1. The van der Waals surface area contributed by atoms with Crippen LogP contribution in [0.2, 0.25) is 0 Å². The Balaban J connectivity index is 1.47. The summed E-state index contributed by atoms with van der Waals surface area (Å²) in [7, 11) is 0. The molecule has 0 radical (unpaired) electrons. The molecule has 0 amide bonds. The molecule has 8 heteroatoms. The third kappa shape index (κ3) is 4.82. The maximum atomic E-state index is 14.4. The Kier molecular flexibility index (Phi) is 6.20. The highest BCUT2D eigenvalue weighted by Gasteiger charge is 2.27. The first-order valence-electron chi connectivity index (χ1n) is 11.2. The van der Waals surface area contributed by atoms with Gasteiger partial charge in [-0.2, -0.15) is 4.98 Å². The van der Waals surface area contributed by atoms with Crippen LogP contribution in [0.15, 0.2) is 42.5 Å². The molecule has 172 valence electrons. The average molecular weight is 453 g/mol. The molecule has 0 spiro atoms. The van der Waals surface area contributed by atoms with E-state index in [9.17, 15) is 8.78 Å². The Morgan fingerprint density at radius 2 is 1.82 bits per heavy atom. The molecule has 2 aliphatic heterocycles. The molecule has 1 saturated heterocycles. The molecule has 2 aliphatic rings. The first-order valence-corrected chi connectivity index (χ1v) is 11.2. The zero-order valence-electron chi connectivity index (χ0n) is 18.6. The Hall–Kier alpha value is -3.10.